The first-order valence-electron chi connectivity index (χ1n) is 7.97. The lowest BCUT2D eigenvalue weighted by atomic mass is 10.2. The molecule has 0 unspecified atom stereocenters. The monoisotopic (exact) mass is 390 g/mol. The van der Waals surface area contributed by atoms with Crippen molar-refractivity contribution >= 4 is 34.5 Å². The van der Waals surface area contributed by atoms with Gasteiger partial charge in [0.15, 0.2) is 16.3 Å². The number of benzene rings is 1. The van der Waals surface area contributed by atoms with Gasteiger partial charge in [-0.25, -0.2) is 9.78 Å². The number of rotatable bonds is 5. The van der Waals surface area contributed by atoms with Crippen molar-refractivity contribution in [3.63, 3.8) is 0 Å². The number of fused-ring (bicyclic) bond motifs is 1. The van der Waals surface area contributed by atoms with Crippen molar-refractivity contribution in [2.75, 3.05) is 5.75 Å². The molecule has 0 N–H and O–H groups in total. The first-order valence-corrected chi connectivity index (χ1v) is 9.34. The molecule has 0 aliphatic rings. The van der Waals surface area contributed by atoms with E-state index in [1.165, 1.54) is 20.9 Å². The standard InChI is InChI=1S/C18H19ClN4O2S/c1-11(2)10-26-17-20-15-14(21(17)3)16(24)23(18(25)22(15)4)9-12-5-7-13(19)8-6-12/h5-8H,1,9-10H2,2-4H3. The van der Waals surface area contributed by atoms with Gasteiger partial charge in [0.1, 0.15) is 0 Å². The van der Waals surface area contributed by atoms with Crippen molar-refractivity contribution in [3.8, 4) is 0 Å². The van der Waals surface area contributed by atoms with Gasteiger partial charge in [-0.2, -0.15) is 0 Å². The maximum absolute atomic E-state index is 13.0. The quantitative estimate of drug-likeness (QED) is 0.496. The zero-order valence-electron chi connectivity index (χ0n) is 14.8. The zero-order chi connectivity index (χ0) is 19.0. The van der Waals surface area contributed by atoms with Crippen LogP contribution in [0.4, 0.5) is 0 Å². The van der Waals surface area contributed by atoms with Crippen LogP contribution in [-0.2, 0) is 20.6 Å². The van der Waals surface area contributed by atoms with Gasteiger partial charge in [-0.05, 0) is 24.6 Å². The van der Waals surface area contributed by atoms with Crippen LogP contribution in [0, 0.1) is 0 Å². The van der Waals surface area contributed by atoms with Gasteiger partial charge in [0.2, 0.25) is 0 Å². The molecule has 0 aliphatic carbocycles. The normalized spacial score (nSPS) is 11.2. The third kappa shape index (κ3) is 3.37. The number of hydrogen-bond acceptors (Lipinski definition) is 4. The molecule has 0 amide bonds. The smallest absolute Gasteiger partial charge is 0.316 e. The Balaban J connectivity index is 2.14. The van der Waals surface area contributed by atoms with Crippen molar-refractivity contribution in [1.82, 2.24) is 18.7 Å². The summed E-state index contributed by atoms with van der Waals surface area (Å²) < 4.78 is 4.38. The maximum Gasteiger partial charge on any atom is 0.332 e. The minimum Gasteiger partial charge on any atom is -0.316 e. The summed E-state index contributed by atoms with van der Waals surface area (Å²) in [5.41, 5.74) is 1.88. The molecule has 0 saturated carbocycles. The average Bonchev–Trinajstić information content (AvgIpc) is 2.93. The van der Waals surface area contributed by atoms with Crippen LogP contribution in [0.3, 0.4) is 0 Å². The van der Waals surface area contributed by atoms with Gasteiger partial charge in [0.05, 0.1) is 6.54 Å². The summed E-state index contributed by atoms with van der Waals surface area (Å²) >= 11 is 7.39. The summed E-state index contributed by atoms with van der Waals surface area (Å²) in [6, 6.07) is 7.08. The van der Waals surface area contributed by atoms with Crippen LogP contribution in [0.5, 0.6) is 0 Å². The Bertz CT molecular complexity index is 1110. The molecule has 0 bridgehead atoms. The Labute approximate surface area is 159 Å². The lowest BCUT2D eigenvalue weighted by molar-refractivity contribution is 0.655. The van der Waals surface area contributed by atoms with Crippen LogP contribution in [0.25, 0.3) is 11.2 Å². The van der Waals surface area contributed by atoms with Crippen LogP contribution in [0.15, 0.2) is 51.2 Å². The number of thioether (sulfide) groups is 1. The number of aryl methyl sites for hydroxylation is 2. The van der Waals surface area contributed by atoms with E-state index in [4.69, 9.17) is 11.6 Å². The second-order valence-corrected chi connectivity index (χ2v) is 7.61. The Morgan fingerprint density at radius 2 is 1.85 bits per heavy atom. The van der Waals surface area contributed by atoms with E-state index in [-0.39, 0.29) is 12.1 Å². The van der Waals surface area contributed by atoms with Crippen LogP contribution in [-0.4, -0.2) is 24.4 Å². The molecule has 8 heteroatoms. The van der Waals surface area contributed by atoms with E-state index in [0.717, 1.165) is 11.1 Å². The number of imidazole rings is 1. The highest BCUT2D eigenvalue weighted by Crippen LogP contribution is 2.21. The largest absolute Gasteiger partial charge is 0.332 e. The van der Waals surface area contributed by atoms with Crippen molar-refractivity contribution in [3.05, 3.63) is 67.8 Å². The van der Waals surface area contributed by atoms with Gasteiger partial charge in [0, 0.05) is 24.9 Å². The van der Waals surface area contributed by atoms with Crippen LogP contribution >= 0.6 is 23.4 Å². The molecule has 26 heavy (non-hydrogen) atoms. The highest BCUT2D eigenvalue weighted by Gasteiger charge is 2.18. The van der Waals surface area contributed by atoms with Crippen molar-refractivity contribution < 1.29 is 0 Å². The average molecular weight is 391 g/mol. The molecule has 2 heterocycles. The first kappa shape index (κ1) is 18.5. The summed E-state index contributed by atoms with van der Waals surface area (Å²) in [4.78, 5) is 30.2. The fourth-order valence-corrected chi connectivity index (χ4v) is 3.59. The molecule has 2 aromatic heterocycles. The summed E-state index contributed by atoms with van der Waals surface area (Å²) in [5.74, 6) is 0.698. The van der Waals surface area contributed by atoms with Crippen LogP contribution < -0.4 is 11.2 Å². The Morgan fingerprint density at radius 3 is 2.46 bits per heavy atom. The maximum atomic E-state index is 13.0. The molecule has 0 atom stereocenters. The van der Waals surface area contributed by atoms with Gasteiger partial charge in [-0.1, -0.05) is 47.6 Å². The second-order valence-electron chi connectivity index (χ2n) is 6.23. The van der Waals surface area contributed by atoms with E-state index < -0.39 is 5.69 Å². The van der Waals surface area contributed by atoms with Gasteiger partial charge >= 0.3 is 5.69 Å². The van der Waals surface area contributed by atoms with Crippen LogP contribution in [0.2, 0.25) is 5.02 Å². The molecule has 0 radical (unpaired) electrons. The molecular formula is C18H19ClN4O2S. The number of hydrogen-bond donors (Lipinski definition) is 0. The van der Waals surface area contributed by atoms with Gasteiger partial charge < -0.3 is 4.57 Å². The molecule has 6 nitrogen and oxygen atoms in total. The number of halogens is 1. The van der Waals surface area contributed by atoms with Gasteiger partial charge in [0.25, 0.3) is 5.56 Å². The molecule has 0 aliphatic heterocycles. The summed E-state index contributed by atoms with van der Waals surface area (Å²) in [5, 5.41) is 1.29. The van der Waals surface area contributed by atoms with Crippen LogP contribution in [0.1, 0.15) is 12.5 Å². The Kier molecular flexibility index (Phi) is 5.11. The summed E-state index contributed by atoms with van der Waals surface area (Å²) in [6.45, 7) is 6.00. The molecular weight excluding hydrogens is 372 g/mol. The number of aromatic nitrogens is 4. The van der Waals surface area contributed by atoms with E-state index in [0.29, 0.717) is 27.1 Å². The van der Waals surface area contributed by atoms with E-state index in [2.05, 4.69) is 11.6 Å². The third-order valence-electron chi connectivity index (χ3n) is 4.02. The van der Waals surface area contributed by atoms with E-state index in [1.807, 2.05) is 6.92 Å². The highest BCUT2D eigenvalue weighted by molar-refractivity contribution is 7.99. The van der Waals surface area contributed by atoms with E-state index in [9.17, 15) is 9.59 Å². The van der Waals surface area contributed by atoms with Crippen molar-refractivity contribution in [2.45, 2.75) is 18.6 Å². The predicted octanol–water partition coefficient (Wildman–Crippen LogP) is 2.80. The molecule has 136 valence electrons. The molecule has 0 fully saturated rings. The summed E-state index contributed by atoms with van der Waals surface area (Å²) in [6.07, 6.45) is 0. The minimum absolute atomic E-state index is 0.179. The highest BCUT2D eigenvalue weighted by atomic mass is 35.5. The predicted molar refractivity (Wildman–Crippen MR) is 106 cm³/mol. The lowest BCUT2D eigenvalue weighted by Gasteiger charge is -2.09. The molecule has 1 aromatic carbocycles. The molecule has 3 rings (SSSR count). The van der Waals surface area contributed by atoms with E-state index in [1.54, 1.807) is 42.9 Å². The molecule has 0 spiro atoms. The minimum atomic E-state index is -0.396. The Hall–Kier alpha value is -2.25. The second kappa shape index (κ2) is 7.17. The zero-order valence-corrected chi connectivity index (χ0v) is 16.4. The topological polar surface area (TPSA) is 61.8 Å². The molecule has 3 aromatic rings. The molecule has 0 saturated heterocycles. The van der Waals surface area contributed by atoms with Gasteiger partial charge in [-0.3, -0.25) is 13.9 Å². The Morgan fingerprint density at radius 1 is 1.19 bits per heavy atom. The SMILES string of the molecule is C=C(C)CSc1nc2c(c(=O)n(Cc3ccc(Cl)cc3)c(=O)n2C)n1C. The lowest BCUT2D eigenvalue weighted by Crippen LogP contribution is -2.39. The fraction of sp³-hybridized carbons (Fsp3) is 0.278. The first-order chi connectivity index (χ1) is 12.3. The van der Waals surface area contributed by atoms with Gasteiger partial charge in [-0.15, -0.1) is 0 Å². The fourth-order valence-electron chi connectivity index (χ4n) is 2.65. The van der Waals surface area contributed by atoms with E-state index >= 15 is 0 Å². The van der Waals surface area contributed by atoms with Crippen molar-refractivity contribution in [2.24, 2.45) is 14.1 Å². The van der Waals surface area contributed by atoms with Crippen molar-refractivity contribution in [1.29, 1.82) is 0 Å². The third-order valence-corrected chi connectivity index (χ3v) is 5.53. The number of nitrogens with zero attached hydrogens (tertiary/aromatic N) is 4. The summed E-state index contributed by atoms with van der Waals surface area (Å²) in [7, 11) is 3.41.